The van der Waals surface area contributed by atoms with Gasteiger partial charge in [0, 0.05) is 24.9 Å². The third-order valence-electron chi connectivity index (χ3n) is 3.11. The molecule has 2 aliphatic heterocycles. The summed E-state index contributed by atoms with van der Waals surface area (Å²) in [4.78, 5) is 0. The summed E-state index contributed by atoms with van der Waals surface area (Å²) in [6.07, 6.45) is 1.95. The summed E-state index contributed by atoms with van der Waals surface area (Å²) in [5.74, 6) is 0.961. The van der Waals surface area contributed by atoms with Crippen LogP contribution in [0.5, 0.6) is 11.5 Å². The Labute approximate surface area is 82.7 Å². The van der Waals surface area contributed by atoms with E-state index in [4.69, 9.17) is 4.74 Å². The molecule has 0 saturated carbocycles. The Morgan fingerprint density at radius 3 is 3.07 bits per heavy atom. The molecule has 1 saturated heterocycles. The van der Waals surface area contributed by atoms with Crippen molar-refractivity contribution in [2.24, 2.45) is 0 Å². The van der Waals surface area contributed by atoms with E-state index in [0.717, 1.165) is 31.5 Å². The van der Waals surface area contributed by atoms with Crippen molar-refractivity contribution in [1.29, 1.82) is 0 Å². The maximum atomic E-state index is 9.63. The maximum Gasteiger partial charge on any atom is 0.165 e. The van der Waals surface area contributed by atoms with E-state index < -0.39 is 0 Å². The first-order valence-electron chi connectivity index (χ1n) is 5.00. The lowest BCUT2D eigenvalue weighted by Crippen LogP contribution is -2.36. The number of phenolic OH excluding ortho intramolecular Hbond substituents is 1. The van der Waals surface area contributed by atoms with Gasteiger partial charge in [-0.25, -0.2) is 0 Å². The second kappa shape index (κ2) is 2.64. The highest BCUT2D eigenvalue weighted by Gasteiger charge is 2.42. The number of phenols is 1. The van der Waals surface area contributed by atoms with Gasteiger partial charge in [0.1, 0.15) is 5.60 Å². The van der Waals surface area contributed by atoms with E-state index in [1.54, 1.807) is 6.07 Å². The molecule has 3 nitrogen and oxygen atoms in total. The van der Waals surface area contributed by atoms with Gasteiger partial charge in [-0.15, -0.1) is 0 Å². The fraction of sp³-hybridized carbons (Fsp3) is 0.455. The van der Waals surface area contributed by atoms with Crippen molar-refractivity contribution in [2.75, 3.05) is 13.1 Å². The van der Waals surface area contributed by atoms with Gasteiger partial charge in [0.25, 0.3) is 0 Å². The van der Waals surface area contributed by atoms with Gasteiger partial charge in [-0.05, 0) is 12.6 Å². The van der Waals surface area contributed by atoms with E-state index in [1.807, 2.05) is 12.1 Å². The quantitative estimate of drug-likeness (QED) is 0.644. The second-order valence-electron chi connectivity index (χ2n) is 4.15. The molecule has 0 radical (unpaired) electrons. The molecule has 3 rings (SSSR count). The lowest BCUT2D eigenvalue weighted by molar-refractivity contribution is 0.114. The molecule has 1 aromatic rings. The predicted molar refractivity (Wildman–Crippen MR) is 52.7 cm³/mol. The number of benzene rings is 1. The van der Waals surface area contributed by atoms with E-state index in [-0.39, 0.29) is 11.4 Å². The fourth-order valence-corrected chi connectivity index (χ4v) is 2.39. The Hall–Kier alpha value is -1.22. The second-order valence-corrected chi connectivity index (χ2v) is 4.15. The molecule has 1 unspecified atom stereocenters. The minimum atomic E-state index is -0.0822. The van der Waals surface area contributed by atoms with Gasteiger partial charge >= 0.3 is 0 Å². The van der Waals surface area contributed by atoms with Crippen LogP contribution in [0.3, 0.4) is 0 Å². The Morgan fingerprint density at radius 2 is 2.36 bits per heavy atom. The van der Waals surface area contributed by atoms with Gasteiger partial charge in [0.2, 0.25) is 0 Å². The summed E-state index contributed by atoms with van der Waals surface area (Å²) in [7, 11) is 0. The summed E-state index contributed by atoms with van der Waals surface area (Å²) in [6, 6.07) is 5.58. The van der Waals surface area contributed by atoms with E-state index in [0.29, 0.717) is 5.75 Å². The number of rotatable bonds is 0. The molecule has 1 aromatic carbocycles. The maximum absolute atomic E-state index is 9.63. The first kappa shape index (κ1) is 8.12. The standard InChI is InChI=1S/C11H13NO2/c13-9-3-1-2-8-6-11(14-10(8)9)4-5-12-7-11/h1-3,12-13H,4-7H2. The number of fused-ring (bicyclic) bond motifs is 1. The molecule has 74 valence electrons. The van der Waals surface area contributed by atoms with Crippen molar-refractivity contribution >= 4 is 0 Å². The van der Waals surface area contributed by atoms with Crippen LogP contribution in [0.2, 0.25) is 0 Å². The molecule has 14 heavy (non-hydrogen) atoms. The smallest absolute Gasteiger partial charge is 0.165 e. The molecule has 1 fully saturated rings. The van der Waals surface area contributed by atoms with E-state index in [9.17, 15) is 5.11 Å². The highest BCUT2D eigenvalue weighted by Crippen LogP contribution is 2.43. The summed E-state index contributed by atoms with van der Waals surface area (Å²) in [5, 5.41) is 12.9. The summed E-state index contributed by atoms with van der Waals surface area (Å²) in [5.41, 5.74) is 1.05. The van der Waals surface area contributed by atoms with Crippen LogP contribution in [0, 0.1) is 0 Å². The number of ether oxygens (including phenoxy) is 1. The molecule has 3 heteroatoms. The largest absolute Gasteiger partial charge is 0.504 e. The first-order valence-corrected chi connectivity index (χ1v) is 5.00. The van der Waals surface area contributed by atoms with E-state index in [1.165, 1.54) is 0 Å². The molecule has 1 spiro atoms. The van der Waals surface area contributed by atoms with Crippen LogP contribution in [0.25, 0.3) is 0 Å². The van der Waals surface area contributed by atoms with Crippen LogP contribution in [-0.4, -0.2) is 23.8 Å². The molecular formula is C11H13NO2. The van der Waals surface area contributed by atoms with Crippen LogP contribution >= 0.6 is 0 Å². The zero-order chi connectivity index (χ0) is 9.60. The third-order valence-corrected chi connectivity index (χ3v) is 3.11. The molecule has 0 aliphatic carbocycles. The number of nitrogens with one attached hydrogen (secondary N) is 1. The lowest BCUT2D eigenvalue weighted by atomic mass is 9.96. The van der Waals surface area contributed by atoms with Crippen LogP contribution < -0.4 is 10.1 Å². The predicted octanol–water partition coefficient (Wildman–Crippen LogP) is 1.06. The average molecular weight is 191 g/mol. The molecular weight excluding hydrogens is 178 g/mol. The Bertz CT molecular complexity index is 370. The number of aromatic hydroxyl groups is 1. The number of hydrogen-bond acceptors (Lipinski definition) is 3. The summed E-state index contributed by atoms with van der Waals surface area (Å²) >= 11 is 0. The molecule has 2 aliphatic rings. The van der Waals surface area contributed by atoms with Gasteiger partial charge in [-0.3, -0.25) is 0 Å². The molecule has 2 heterocycles. The number of para-hydroxylation sites is 1. The Kier molecular flexibility index (Phi) is 1.53. The van der Waals surface area contributed by atoms with Crippen LogP contribution in [0.1, 0.15) is 12.0 Å². The molecule has 1 atom stereocenters. The summed E-state index contributed by atoms with van der Waals surface area (Å²) in [6.45, 7) is 1.90. The average Bonchev–Trinajstić information content (AvgIpc) is 2.75. The SMILES string of the molecule is Oc1cccc2c1OC1(CCNC1)C2. The van der Waals surface area contributed by atoms with Gasteiger partial charge in [0.05, 0.1) is 0 Å². The number of hydrogen-bond donors (Lipinski definition) is 2. The Balaban J connectivity index is 2.00. The first-order chi connectivity index (χ1) is 6.79. The minimum Gasteiger partial charge on any atom is -0.504 e. The highest BCUT2D eigenvalue weighted by atomic mass is 16.5. The van der Waals surface area contributed by atoms with E-state index >= 15 is 0 Å². The van der Waals surface area contributed by atoms with Crippen molar-refractivity contribution in [3.05, 3.63) is 23.8 Å². The normalized spacial score (nSPS) is 29.1. The molecule has 0 bridgehead atoms. The van der Waals surface area contributed by atoms with Crippen LogP contribution in [0.15, 0.2) is 18.2 Å². The van der Waals surface area contributed by atoms with Crippen molar-refractivity contribution in [2.45, 2.75) is 18.4 Å². The monoisotopic (exact) mass is 191 g/mol. The molecule has 0 amide bonds. The van der Waals surface area contributed by atoms with Crippen molar-refractivity contribution < 1.29 is 9.84 Å². The van der Waals surface area contributed by atoms with Crippen LogP contribution in [0.4, 0.5) is 0 Å². The van der Waals surface area contributed by atoms with Gasteiger partial charge in [-0.2, -0.15) is 0 Å². The van der Waals surface area contributed by atoms with Crippen molar-refractivity contribution in [3.8, 4) is 11.5 Å². The van der Waals surface area contributed by atoms with Gasteiger partial charge in [-0.1, -0.05) is 12.1 Å². The van der Waals surface area contributed by atoms with Crippen molar-refractivity contribution in [1.82, 2.24) is 5.32 Å². The fourth-order valence-electron chi connectivity index (χ4n) is 2.39. The van der Waals surface area contributed by atoms with Gasteiger partial charge < -0.3 is 15.2 Å². The lowest BCUT2D eigenvalue weighted by Gasteiger charge is -2.21. The zero-order valence-electron chi connectivity index (χ0n) is 7.92. The van der Waals surface area contributed by atoms with Crippen molar-refractivity contribution in [3.63, 3.8) is 0 Å². The zero-order valence-corrected chi connectivity index (χ0v) is 7.92. The minimum absolute atomic E-state index is 0.0822. The van der Waals surface area contributed by atoms with E-state index in [2.05, 4.69) is 5.32 Å². The topological polar surface area (TPSA) is 41.5 Å². The molecule has 2 N–H and O–H groups in total. The molecule has 0 aromatic heterocycles. The third kappa shape index (κ3) is 1.02. The highest BCUT2D eigenvalue weighted by molar-refractivity contribution is 5.49. The summed E-state index contributed by atoms with van der Waals surface area (Å²) < 4.78 is 5.87. The Morgan fingerprint density at radius 1 is 1.43 bits per heavy atom. The van der Waals surface area contributed by atoms with Crippen LogP contribution in [-0.2, 0) is 6.42 Å². The van der Waals surface area contributed by atoms with Gasteiger partial charge in [0.15, 0.2) is 11.5 Å².